The number of halogens is 2. The number of fused-ring (bicyclic) bond motifs is 1. The average molecular weight is 400 g/mol. The fourth-order valence-corrected chi connectivity index (χ4v) is 4.29. The van der Waals surface area contributed by atoms with Crippen LogP contribution < -0.4 is 5.32 Å². The van der Waals surface area contributed by atoms with E-state index in [0.717, 1.165) is 48.5 Å². The molecule has 4 aromatic rings. The molecule has 130 valence electrons. The number of nitrogens with one attached hydrogen (secondary N) is 1. The van der Waals surface area contributed by atoms with Gasteiger partial charge in [-0.25, -0.2) is 9.97 Å². The summed E-state index contributed by atoms with van der Waals surface area (Å²) in [6.45, 7) is 4.09. The molecule has 0 fully saturated rings. The molecule has 0 aliphatic heterocycles. The van der Waals surface area contributed by atoms with Crippen LogP contribution in [-0.2, 0) is 0 Å². The van der Waals surface area contributed by atoms with E-state index >= 15 is 0 Å². The third-order valence-corrected chi connectivity index (χ3v) is 5.99. The normalized spacial score (nSPS) is 11.1. The van der Waals surface area contributed by atoms with Gasteiger partial charge in [0.15, 0.2) is 0 Å². The summed E-state index contributed by atoms with van der Waals surface area (Å²) in [4.78, 5) is 11.1. The summed E-state index contributed by atoms with van der Waals surface area (Å²) in [6, 6.07) is 13.7. The van der Waals surface area contributed by atoms with Crippen molar-refractivity contribution in [3.8, 4) is 11.1 Å². The van der Waals surface area contributed by atoms with Gasteiger partial charge in [-0.2, -0.15) is 0 Å². The molecular weight excluding hydrogens is 385 g/mol. The van der Waals surface area contributed by atoms with Crippen LogP contribution in [0.2, 0.25) is 10.0 Å². The lowest BCUT2D eigenvalue weighted by atomic mass is 10.0. The Bertz CT molecular complexity index is 1100. The number of nitrogens with zero attached hydrogens (tertiary/aromatic N) is 2. The lowest BCUT2D eigenvalue weighted by Gasteiger charge is -2.12. The van der Waals surface area contributed by atoms with Crippen molar-refractivity contribution in [3.63, 3.8) is 0 Å². The van der Waals surface area contributed by atoms with Gasteiger partial charge < -0.3 is 5.32 Å². The van der Waals surface area contributed by atoms with Crippen LogP contribution in [0.1, 0.15) is 10.4 Å². The molecule has 4 rings (SSSR count). The zero-order valence-electron chi connectivity index (χ0n) is 14.2. The molecule has 6 heteroatoms. The Hall–Kier alpha value is -2.14. The van der Waals surface area contributed by atoms with E-state index in [2.05, 4.69) is 22.2 Å². The van der Waals surface area contributed by atoms with E-state index in [1.165, 1.54) is 4.88 Å². The van der Waals surface area contributed by atoms with Crippen molar-refractivity contribution in [1.29, 1.82) is 0 Å². The minimum Gasteiger partial charge on any atom is -0.339 e. The van der Waals surface area contributed by atoms with Crippen LogP contribution in [-0.4, -0.2) is 9.97 Å². The van der Waals surface area contributed by atoms with Gasteiger partial charge in [0.25, 0.3) is 0 Å². The second kappa shape index (κ2) is 6.88. The second-order valence-corrected chi connectivity index (χ2v) is 8.03. The predicted octanol–water partition coefficient (Wildman–Crippen LogP) is 7.03. The first kappa shape index (κ1) is 17.3. The lowest BCUT2D eigenvalue weighted by Crippen LogP contribution is -1.97. The predicted molar refractivity (Wildman–Crippen MR) is 112 cm³/mol. The third-order valence-electron chi connectivity index (χ3n) is 4.32. The van der Waals surface area contributed by atoms with Crippen molar-refractivity contribution in [2.24, 2.45) is 0 Å². The number of hydrogen-bond donors (Lipinski definition) is 1. The number of rotatable bonds is 3. The SMILES string of the molecule is Cc1sc2ncnc(Nc3cccc(Cl)c3C)c2c1-c1ccc(Cl)cc1. The molecule has 3 nitrogen and oxygen atoms in total. The molecule has 26 heavy (non-hydrogen) atoms. The zero-order valence-corrected chi connectivity index (χ0v) is 16.5. The highest BCUT2D eigenvalue weighted by molar-refractivity contribution is 7.19. The van der Waals surface area contributed by atoms with Crippen molar-refractivity contribution in [2.45, 2.75) is 13.8 Å². The van der Waals surface area contributed by atoms with Gasteiger partial charge in [-0.05, 0) is 49.2 Å². The standard InChI is InChI=1S/C20H15Cl2N3S/c1-11-15(22)4-3-5-16(11)25-19-18-17(13-6-8-14(21)9-7-13)12(2)26-20(18)24-10-23-19/h3-10H,1-2H3,(H,23,24,25). The monoisotopic (exact) mass is 399 g/mol. The fraction of sp³-hybridized carbons (Fsp3) is 0.100. The number of hydrogen-bond acceptors (Lipinski definition) is 4. The number of benzene rings is 2. The van der Waals surface area contributed by atoms with Gasteiger partial charge in [-0.3, -0.25) is 0 Å². The Morgan fingerprint density at radius 1 is 0.962 bits per heavy atom. The third kappa shape index (κ3) is 3.05. The molecule has 2 aromatic heterocycles. The Balaban J connectivity index is 1.91. The molecule has 0 atom stereocenters. The smallest absolute Gasteiger partial charge is 0.143 e. The van der Waals surface area contributed by atoms with Crippen molar-refractivity contribution in [2.75, 3.05) is 5.32 Å². The second-order valence-electron chi connectivity index (χ2n) is 5.98. The molecule has 0 aliphatic carbocycles. The average Bonchev–Trinajstić information content (AvgIpc) is 2.97. The van der Waals surface area contributed by atoms with Crippen molar-refractivity contribution in [3.05, 3.63) is 69.3 Å². The number of aryl methyl sites for hydroxylation is 1. The lowest BCUT2D eigenvalue weighted by molar-refractivity contribution is 1.23. The Morgan fingerprint density at radius 2 is 1.73 bits per heavy atom. The first-order valence-electron chi connectivity index (χ1n) is 8.07. The van der Waals surface area contributed by atoms with Crippen molar-refractivity contribution in [1.82, 2.24) is 9.97 Å². The molecule has 0 amide bonds. The maximum absolute atomic E-state index is 6.26. The number of thiophene rings is 1. The van der Waals surface area contributed by atoms with Crippen LogP contribution in [0, 0.1) is 13.8 Å². The molecular formula is C20H15Cl2N3S. The summed E-state index contributed by atoms with van der Waals surface area (Å²) in [7, 11) is 0. The first-order chi connectivity index (χ1) is 12.5. The molecule has 2 aromatic carbocycles. The molecule has 0 unspecified atom stereocenters. The van der Waals surface area contributed by atoms with Gasteiger partial charge in [-0.15, -0.1) is 11.3 Å². The van der Waals surface area contributed by atoms with Crippen LogP contribution in [0.5, 0.6) is 0 Å². The summed E-state index contributed by atoms with van der Waals surface area (Å²) in [6.07, 6.45) is 1.59. The van der Waals surface area contributed by atoms with Crippen molar-refractivity contribution >= 4 is 56.3 Å². The molecule has 0 saturated heterocycles. The summed E-state index contributed by atoms with van der Waals surface area (Å²) in [5.74, 6) is 0.773. The largest absolute Gasteiger partial charge is 0.339 e. The highest BCUT2D eigenvalue weighted by Gasteiger charge is 2.17. The summed E-state index contributed by atoms with van der Waals surface area (Å²) in [5, 5.41) is 5.89. The van der Waals surface area contributed by atoms with Gasteiger partial charge in [0, 0.05) is 26.2 Å². The molecule has 0 saturated carbocycles. The maximum Gasteiger partial charge on any atom is 0.143 e. The van der Waals surface area contributed by atoms with Crippen LogP contribution in [0.3, 0.4) is 0 Å². The van der Waals surface area contributed by atoms with Crippen LogP contribution in [0.15, 0.2) is 48.8 Å². The molecule has 0 spiro atoms. The van der Waals surface area contributed by atoms with E-state index in [1.807, 2.05) is 49.4 Å². The minimum absolute atomic E-state index is 0.718. The van der Waals surface area contributed by atoms with Gasteiger partial charge in [0.05, 0.1) is 5.39 Å². The molecule has 0 bridgehead atoms. The van der Waals surface area contributed by atoms with E-state index in [4.69, 9.17) is 23.2 Å². The first-order valence-corrected chi connectivity index (χ1v) is 9.64. The van der Waals surface area contributed by atoms with Crippen LogP contribution in [0.25, 0.3) is 21.3 Å². The topological polar surface area (TPSA) is 37.8 Å². The number of aromatic nitrogens is 2. The minimum atomic E-state index is 0.718. The summed E-state index contributed by atoms with van der Waals surface area (Å²) < 4.78 is 0. The molecule has 0 radical (unpaired) electrons. The molecule has 0 aliphatic rings. The van der Waals surface area contributed by atoms with Gasteiger partial charge >= 0.3 is 0 Å². The van der Waals surface area contributed by atoms with E-state index in [9.17, 15) is 0 Å². The zero-order chi connectivity index (χ0) is 18.3. The van der Waals surface area contributed by atoms with Crippen LogP contribution >= 0.6 is 34.5 Å². The highest BCUT2D eigenvalue weighted by Crippen LogP contribution is 2.41. The van der Waals surface area contributed by atoms with Gasteiger partial charge in [0.2, 0.25) is 0 Å². The van der Waals surface area contributed by atoms with E-state index in [0.29, 0.717) is 0 Å². The van der Waals surface area contributed by atoms with Gasteiger partial charge in [0.1, 0.15) is 17.0 Å². The van der Waals surface area contributed by atoms with Crippen molar-refractivity contribution < 1.29 is 0 Å². The molecule has 1 N–H and O–H groups in total. The van der Waals surface area contributed by atoms with E-state index in [1.54, 1.807) is 17.7 Å². The summed E-state index contributed by atoms with van der Waals surface area (Å²) in [5.41, 5.74) is 4.15. The van der Waals surface area contributed by atoms with E-state index < -0.39 is 0 Å². The quantitative estimate of drug-likeness (QED) is 0.401. The maximum atomic E-state index is 6.26. The Kier molecular flexibility index (Phi) is 4.57. The highest BCUT2D eigenvalue weighted by atomic mass is 35.5. The van der Waals surface area contributed by atoms with Crippen LogP contribution in [0.4, 0.5) is 11.5 Å². The number of anilines is 2. The summed E-state index contributed by atoms with van der Waals surface area (Å²) >= 11 is 14.0. The fourth-order valence-electron chi connectivity index (χ4n) is 2.97. The Morgan fingerprint density at radius 3 is 2.50 bits per heavy atom. The Labute approximate surface area is 165 Å². The van der Waals surface area contributed by atoms with E-state index in [-0.39, 0.29) is 0 Å². The van der Waals surface area contributed by atoms with Gasteiger partial charge in [-0.1, -0.05) is 41.4 Å². The molecule has 2 heterocycles.